The van der Waals surface area contributed by atoms with Gasteiger partial charge in [0, 0.05) is 13.6 Å². The van der Waals surface area contributed by atoms with Crippen LogP contribution in [0.5, 0.6) is 0 Å². The van der Waals surface area contributed by atoms with Crippen molar-refractivity contribution in [3.05, 3.63) is 23.1 Å². The molecule has 0 saturated carbocycles. The first-order chi connectivity index (χ1) is 6.56. The third kappa shape index (κ3) is 3.86. The Morgan fingerprint density at radius 1 is 1.29 bits per heavy atom. The maximum atomic E-state index is 5.27. The zero-order valence-corrected chi connectivity index (χ0v) is 10.3. The van der Waals surface area contributed by atoms with Crippen LogP contribution in [0.15, 0.2) is 23.1 Å². The summed E-state index contributed by atoms with van der Waals surface area (Å²) in [6, 6.07) is 0. The van der Waals surface area contributed by atoms with Crippen LogP contribution in [0.2, 0.25) is 0 Å². The Morgan fingerprint density at radius 2 is 1.86 bits per heavy atom. The van der Waals surface area contributed by atoms with Crippen molar-refractivity contribution >= 4 is 0 Å². The Morgan fingerprint density at radius 3 is 2.21 bits per heavy atom. The van der Waals surface area contributed by atoms with Crippen molar-refractivity contribution in [3.8, 4) is 0 Å². The van der Waals surface area contributed by atoms with Crippen molar-refractivity contribution in [1.82, 2.24) is 4.90 Å². The van der Waals surface area contributed by atoms with E-state index in [2.05, 4.69) is 38.8 Å². The van der Waals surface area contributed by atoms with Gasteiger partial charge in [-0.2, -0.15) is 0 Å². The molecule has 0 spiro atoms. The lowest BCUT2D eigenvalue weighted by Crippen LogP contribution is -2.17. The maximum absolute atomic E-state index is 5.27. The van der Waals surface area contributed by atoms with Crippen molar-refractivity contribution in [1.29, 1.82) is 0 Å². The average Bonchev–Trinajstić information content (AvgIpc) is 2.23. The summed E-state index contributed by atoms with van der Waals surface area (Å²) in [7, 11) is 3.80. The van der Waals surface area contributed by atoms with Crippen molar-refractivity contribution < 1.29 is 4.74 Å². The largest absolute Gasteiger partial charge is 0.499 e. The van der Waals surface area contributed by atoms with Gasteiger partial charge in [-0.05, 0) is 33.3 Å². The standard InChI is InChI=1S/C12H23NO/c1-7-10(3)9-12(11(4)14-6)13(5)8-2/h9H,7-8H2,1-6H3/b10-9-,12-11-. The summed E-state index contributed by atoms with van der Waals surface area (Å²) in [5.74, 6) is 0.974. The fourth-order valence-corrected chi connectivity index (χ4v) is 1.09. The molecule has 0 unspecified atom stereocenters. The number of rotatable bonds is 5. The fraction of sp³-hybridized carbons (Fsp3) is 0.667. The van der Waals surface area contributed by atoms with Crippen LogP contribution in [0.1, 0.15) is 34.1 Å². The molecular formula is C12H23NO. The summed E-state index contributed by atoms with van der Waals surface area (Å²) in [5.41, 5.74) is 2.55. The molecule has 0 aliphatic carbocycles. The molecule has 0 atom stereocenters. The molecule has 0 aliphatic rings. The van der Waals surface area contributed by atoms with Crippen molar-refractivity contribution in [2.24, 2.45) is 0 Å². The Kier molecular flexibility index (Phi) is 6.09. The van der Waals surface area contributed by atoms with E-state index in [9.17, 15) is 0 Å². The molecule has 0 rings (SSSR count). The summed E-state index contributed by atoms with van der Waals surface area (Å²) < 4.78 is 5.27. The van der Waals surface area contributed by atoms with Gasteiger partial charge in [-0.15, -0.1) is 0 Å². The smallest absolute Gasteiger partial charge is 0.116 e. The minimum Gasteiger partial charge on any atom is -0.499 e. The molecule has 14 heavy (non-hydrogen) atoms. The van der Waals surface area contributed by atoms with Crippen molar-refractivity contribution in [3.63, 3.8) is 0 Å². The fourth-order valence-electron chi connectivity index (χ4n) is 1.09. The van der Waals surface area contributed by atoms with Crippen LogP contribution in [-0.4, -0.2) is 25.6 Å². The van der Waals surface area contributed by atoms with Gasteiger partial charge >= 0.3 is 0 Å². The highest BCUT2D eigenvalue weighted by atomic mass is 16.5. The molecule has 2 nitrogen and oxygen atoms in total. The van der Waals surface area contributed by atoms with Gasteiger partial charge in [0.05, 0.1) is 12.8 Å². The second kappa shape index (κ2) is 6.52. The van der Waals surface area contributed by atoms with Crippen LogP contribution >= 0.6 is 0 Å². The van der Waals surface area contributed by atoms with Gasteiger partial charge < -0.3 is 9.64 Å². The van der Waals surface area contributed by atoms with E-state index in [0.29, 0.717) is 0 Å². The van der Waals surface area contributed by atoms with E-state index in [1.807, 2.05) is 6.92 Å². The zero-order valence-electron chi connectivity index (χ0n) is 10.3. The SMILES string of the molecule is CC/C(C)=C\C(=C(/C)OC)N(C)CC. The van der Waals surface area contributed by atoms with Crippen LogP contribution in [0.25, 0.3) is 0 Å². The first-order valence-electron chi connectivity index (χ1n) is 5.19. The summed E-state index contributed by atoms with van der Waals surface area (Å²) in [5, 5.41) is 0. The highest BCUT2D eigenvalue weighted by molar-refractivity contribution is 5.23. The molecule has 0 aliphatic heterocycles. The predicted molar refractivity (Wildman–Crippen MR) is 62.1 cm³/mol. The number of hydrogen-bond donors (Lipinski definition) is 0. The van der Waals surface area contributed by atoms with Crippen molar-refractivity contribution in [2.75, 3.05) is 20.7 Å². The van der Waals surface area contributed by atoms with Crippen LogP contribution < -0.4 is 0 Å². The molecule has 0 fully saturated rings. The maximum Gasteiger partial charge on any atom is 0.116 e. The quantitative estimate of drug-likeness (QED) is 0.496. The lowest BCUT2D eigenvalue weighted by atomic mass is 10.2. The predicted octanol–water partition coefficient (Wildman–Crippen LogP) is 3.17. The second-order valence-corrected chi connectivity index (χ2v) is 3.50. The number of ether oxygens (including phenoxy) is 1. The molecule has 0 radical (unpaired) electrons. The highest BCUT2D eigenvalue weighted by Gasteiger charge is 2.04. The first-order valence-corrected chi connectivity index (χ1v) is 5.19. The number of likely N-dealkylation sites (N-methyl/N-ethyl adjacent to an activating group) is 1. The Hall–Kier alpha value is -0.920. The van der Waals surface area contributed by atoms with E-state index in [0.717, 1.165) is 18.7 Å². The Labute approximate surface area is 88.2 Å². The minimum absolute atomic E-state index is 0.974. The molecule has 0 aromatic heterocycles. The van der Waals surface area contributed by atoms with E-state index in [-0.39, 0.29) is 0 Å². The van der Waals surface area contributed by atoms with E-state index >= 15 is 0 Å². The third-order valence-corrected chi connectivity index (χ3v) is 2.49. The Bertz CT molecular complexity index is 228. The molecule has 0 bridgehead atoms. The Balaban J connectivity index is 4.93. The zero-order chi connectivity index (χ0) is 11.1. The van der Waals surface area contributed by atoms with Gasteiger partial charge in [0.25, 0.3) is 0 Å². The molecule has 0 aromatic carbocycles. The number of nitrogens with zero attached hydrogens (tertiary/aromatic N) is 1. The van der Waals surface area contributed by atoms with E-state index in [1.54, 1.807) is 7.11 Å². The van der Waals surface area contributed by atoms with Crippen LogP contribution in [0, 0.1) is 0 Å². The molecule has 0 amide bonds. The number of allylic oxidation sites excluding steroid dienone is 3. The lowest BCUT2D eigenvalue weighted by Gasteiger charge is -2.20. The molecule has 2 heteroatoms. The normalized spacial score (nSPS) is 13.7. The summed E-state index contributed by atoms with van der Waals surface area (Å²) >= 11 is 0. The van der Waals surface area contributed by atoms with E-state index < -0.39 is 0 Å². The van der Waals surface area contributed by atoms with Gasteiger partial charge in [-0.3, -0.25) is 0 Å². The van der Waals surface area contributed by atoms with Gasteiger partial charge in [-0.1, -0.05) is 12.5 Å². The number of hydrogen-bond acceptors (Lipinski definition) is 2. The highest BCUT2D eigenvalue weighted by Crippen LogP contribution is 2.14. The third-order valence-electron chi connectivity index (χ3n) is 2.49. The topological polar surface area (TPSA) is 12.5 Å². The molecule has 0 aromatic rings. The first kappa shape index (κ1) is 13.1. The van der Waals surface area contributed by atoms with E-state index in [4.69, 9.17) is 4.74 Å². The minimum atomic E-state index is 0.974. The van der Waals surface area contributed by atoms with Gasteiger partial charge in [0.2, 0.25) is 0 Å². The van der Waals surface area contributed by atoms with Gasteiger partial charge in [0.1, 0.15) is 5.76 Å². The van der Waals surface area contributed by atoms with Crippen LogP contribution in [0.3, 0.4) is 0 Å². The summed E-state index contributed by atoms with van der Waals surface area (Å²) in [4.78, 5) is 2.19. The lowest BCUT2D eigenvalue weighted by molar-refractivity contribution is 0.273. The number of methoxy groups -OCH3 is 1. The summed E-state index contributed by atoms with van der Waals surface area (Å²) in [6.07, 6.45) is 3.28. The van der Waals surface area contributed by atoms with Crippen molar-refractivity contribution in [2.45, 2.75) is 34.1 Å². The molecule has 0 N–H and O–H groups in total. The average molecular weight is 197 g/mol. The molecule has 0 saturated heterocycles. The van der Waals surface area contributed by atoms with Gasteiger partial charge in [-0.25, -0.2) is 0 Å². The molecule has 0 heterocycles. The van der Waals surface area contributed by atoms with Gasteiger partial charge in [0.15, 0.2) is 0 Å². The monoisotopic (exact) mass is 197 g/mol. The van der Waals surface area contributed by atoms with Crippen LogP contribution in [-0.2, 0) is 4.74 Å². The molecular weight excluding hydrogens is 174 g/mol. The second-order valence-electron chi connectivity index (χ2n) is 3.50. The molecule has 82 valence electrons. The summed E-state index contributed by atoms with van der Waals surface area (Å²) in [6.45, 7) is 9.44. The van der Waals surface area contributed by atoms with E-state index in [1.165, 1.54) is 11.3 Å². The van der Waals surface area contributed by atoms with Crippen LogP contribution in [0.4, 0.5) is 0 Å².